The lowest BCUT2D eigenvalue weighted by molar-refractivity contribution is -0.137. The van der Waals surface area contributed by atoms with E-state index in [1.807, 2.05) is 32.0 Å². The molecule has 1 aromatic heterocycles. The molecular formula is C23H22ClF3N4O2S. The smallest absolute Gasteiger partial charge is 0.416 e. The molecule has 34 heavy (non-hydrogen) atoms. The van der Waals surface area contributed by atoms with Crippen LogP contribution in [-0.4, -0.2) is 26.4 Å². The van der Waals surface area contributed by atoms with Crippen molar-refractivity contribution in [2.45, 2.75) is 38.3 Å². The van der Waals surface area contributed by atoms with Crippen LogP contribution in [0.25, 0.3) is 0 Å². The van der Waals surface area contributed by atoms with Crippen LogP contribution in [0.2, 0.25) is 5.02 Å². The van der Waals surface area contributed by atoms with Gasteiger partial charge in [0.25, 0.3) is 0 Å². The third kappa shape index (κ3) is 6.77. The van der Waals surface area contributed by atoms with Crippen molar-refractivity contribution >= 4 is 35.0 Å². The number of alkyl halides is 3. The Morgan fingerprint density at radius 3 is 2.56 bits per heavy atom. The Bertz CT molecular complexity index is 1180. The number of benzene rings is 2. The Hall–Kier alpha value is -2.98. The first-order valence-corrected chi connectivity index (χ1v) is 11.5. The minimum absolute atomic E-state index is 0.00648. The number of thioether (sulfide) groups is 1. The Morgan fingerprint density at radius 1 is 1.21 bits per heavy atom. The van der Waals surface area contributed by atoms with Crippen molar-refractivity contribution in [3.8, 4) is 5.75 Å². The van der Waals surface area contributed by atoms with E-state index < -0.39 is 17.6 Å². The van der Waals surface area contributed by atoms with Gasteiger partial charge in [-0.1, -0.05) is 35.5 Å². The summed E-state index contributed by atoms with van der Waals surface area (Å²) in [5.41, 5.74) is 1.13. The van der Waals surface area contributed by atoms with Crippen molar-refractivity contribution in [1.82, 2.24) is 14.8 Å². The summed E-state index contributed by atoms with van der Waals surface area (Å²) in [5.74, 6) is 0.604. The van der Waals surface area contributed by atoms with Crippen LogP contribution in [-0.2, 0) is 24.1 Å². The Kier molecular flexibility index (Phi) is 8.27. The van der Waals surface area contributed by atoms with E-state index in [1.54, 1.807) is 10.6 Å². The Labute approximate surface area is 204 Å². The summed E-state index contributed by atoms with van der Waals surface area (Å²) in [7, 11) is 0. The number of allylic oxidation sites excluding steroid dienone is 1. The van der Waals surface area contributed by atoms with Gasteiger partial charge >= 0.3 is 6.18 Å². The van der Waals surface area contributed by atoms with Gasteiger partial charge in [-0.3, -0.25) is 9.36 Å². The number of amides is 1. The second kappa shape index (κ2) is 11.0. The molecule has 6 nitrogen and oxygen atoms in total. The number of carbonyl (C=O) groups excluding carboxylic acids is 1. The summed E-state index contributed by atoms with van der Waals surface area (Å²) >= 11 is 7.03. The molecule has 1 N–H and O–H groups in total. The lowest BCUT2D eigenvalue weighted by Crippen LogP contribution is -2.16. The molecular weight excluding hydrogens is 489 g/mol. The number of anilines is 1. The summed E-state index contributed by atoms with van der Waals surface area (Å²) < 4.78 is 46.4. The Balaban J connectivity index is 1.66. The van der Waals surface area contributed by atoms with E-state index in [-0.39, 0.29) is 23.1 Å². The molecule has 0 saturated heterocycles. The SMILES string of the molecule is C=CCn1c(COc2cc(C)cc(C)c2)nnc1SCC(=O)Nc1cc(C(F)(F)F)ccc1Cl. The van der Waals surface area contributed by atoms with Gasteiger partial charge in [0.2, 0.25) is 5.91 Å². The largest absolute Gasteiger partial charge is 0.486 e. The van der Waals surface area contributed by atoms with Gasteiger partial charge in [0.1, 0.15) is 12.4 Å². The maximum atomic E-state index is 12.9. The number of ether oxygens (including phenoxy) is 1. The van der Waals surface area contributed by atoms with Gasteiger partial charge in [-0.05, 0) is 55.3 Å². The zero-order valence-corrected chi connectivity index (χ0v) is 20.0. The number of hydrogen-bond donors (Lipinski definition) is 1. The molecule has 0 aliphatic heterocycles. The molecule has 0 spiro atoms. The van der Waals surface area contributed by atoms with Gasteiger partial charge in [0, 0.05) is 6.54 Å². The highest BCUT2D eigenvalue weighted by molar-refractivity contribution is 7.99. The standard InChI is InChI=1S/C23H22ClF3N4O2S/c1-4-7-31-20(12-33-17-9-14(2)8-15(3)10-17)29-30-22(31)34-13-21(32)28-19-11-16(23(25,26)27)5-6-18(19)24/h4-6,8-11H,1,7,12-13H2,2-3H3,(H,28,32). The number of aromatic nitrogens is 3. The van der Waals surface area contributed by atoms with Crippen molar-refractivity contribution in [3.05, 3.63) is 76.6 Å². The lowest BCUT2D eigenvalue weighted by atomic mass is 10.1. The Morgan fingerprint density at radius 2 is 1.91 bits per heavy atom. The van der Waals surface area contributed by atoms with Gasteiger partial charge in [-0.25, -0.2) is 0 Å². The van der Waals surface area contributed by atoms with E-state index in [9.17, 15) is 18.0 Å². The summed E-state index contributed by atoms with van der Waals surface area (Å²) in [6, 6.07) is 8.62. The fourth-order valence-corrected chi connectivity index (χ4v) is 4.05. The van der Waals surface area contributed by atoms with Crippen LogP contribution in [0.5, 0.6) is 5.75 Å². The second-order valence-corrected chi connectivity index (χ2v) is 8.79. The van der Waals surface area contributed by atoms with Crippen molar-refractivity contribution < 1.29 is 22.7 Å². The summed E-state index contributed by atoms with van der Waals surface area (Å²) in [4.78, 5) is 12.4. The van der Waals surface area contributed by atoms with E-state index in [2.05, 4.69) is 22.1 Å². The molecule has 1 amide bonds. The fourth-order valence-electron chi connectivity index (χ4n) is 3.12. The third-order valence-electron chi connectivity index (χ3n) is 4.57. The molecule has 3 aromatic rings. The van der Waals surface area contributed by atoms with Crippen molar-refractivity contribution in [2.24, 2.45) is 0 Å². The van der Waals surface area contributed by atoms with Crippen molar-refractivity contribution in [3.63, 3.8) is 0 Å². The minimum atomic E-state index is -4.55. The van der Waals surface area contributed by atoms with Crippen LogP contribution in [0.4, 0.5) is 18.9 Å². The molecule has 180 valence electrons. The highest BCUT2D eigenvalue weighted by atomic mass is 35.5. The van der Waals surface area contributed by atoms with Gasteiger partial charge < -0.3 is 10.1 Å². The number of aryl methyl sites for hydroxylation is 2. The first-order valence-electron chi connectivity index (χ1n) is 10.1. The van der Waals surface area contributed by atoms with Crippen LogP contribution < -0.4 is 10.1 Å². The molecule has 0 aliphatic rings. The summed E-state index contributed by atoms with van der Waals surface area (Å²) in [6.45, 7) is 8.25. The van der Waals surface area contributed by atoms with Crippen molar-refractivity contribution in [1.29, 1.82) is 0 Å². The van der Waals surface area contributed by atoms with Crippen LogP contribution in [0.15, 0.2) is 54.2 Å². The monoisotopic (exact) mass is 510 g/mol. The molecule has 3 rings (SSSR count). The van der Waals surface area contributed by atoms with Gasteiger partial charge in [-0.15, -0.1) is 16.8 Å². The minimum Gasteiger partial charge on any atom is -0.486 e. The normalized spacial score (nSPS) is 11.4. The van der Waals surface area contributed by atoms with Crippen LogP contribution >= 0.6 is 23.4 Å². The average Bonchev–Trinajstić information content (AvgIpc) is 3.13. The molecule has 0 aliphatic carbocycles. The quantitative estimate of drug-likeness (QED) is 0.280. The zero-order chi connectivity index (χ0) is 24.9. The first-order chi connectivity index (χ1) is 16.1. The van der Waals surface area contributed by atoms with Crippen LogP contribution in [0, 0.1) is 13.8 Å². The molecule has 0 bridgehead atoms. The van der Waals surface area contributed by atoms with Crippen LogP contribution in [0.1, 0.15) is 22.5 Å². The molecule has 2 aromatic carbocycles. The number of halogens is 4. The van der Waals surface area contributed by atoms with E-state index in [4.69, 9.17) is 16.3 Å². The zero-order valence-electron chi connectivity index (χ0n) is 18.4. The third-order valence-corrected chi connectivity index (χ3v) is 5.86. The van der Waals surface area contributed by atoms with Gasteiger partial charge in [-0.2, -0.15) is 13.2 Å². The lowest BCUT2D eigenvalue weighted by Gasteiger charge is -2.12. The number of carbonyl (C=O) groups is 1. The highest BCUT2D eigenvalue weighted by Gasteiger charge is 2.31. The number of nitrogens with zero attached hydrogens (tertiary/aromatic N) is 3. The fraction of sp³-hybridized carbons (Fsp3) is 0.261. The first kappa shape index (κ1) is 25.6. The highest BCUT2D eigenvalue weighted by Crippen LogP contribution is 2.34. The molecule has 0 fully saturated rings. The van der Waals surface area contributed by atoms with E-state index >= 15 is 0 Å². The molecule has 0 radical (unpaired) electrons. The molecule has 0 unspecified atom stereocenters. The van der Waals surface area contributed by atoms with Crippen LogP contribution in [0.3, 0.4) is 0 Å². The number of rotatable bonds is 9. The molecule has 0 saturated carbocycles. The maximum Gasteiger partial charge on any atom is 0.416 e. The molecule has 11 heteroatoms. The average molecular weight is 511 g/mol. The van der Waals surface area contributed by atoms with Gasteiger partial charge in [0.15, 0.2) is 11.0 Å². The van der Waals surface area contributed by atoms with Gasteiger partial charge in [0.05, 0.1) is 22.0 Å². The predicted octanol–water partition coefficient (Wildman–Crippen LogP) is 6.06. The van der Waals surface area contributed by atoms with E-state index in [0.717, 1.165) is 41.1 Å². The maximum absolute atomic E-state index is 12.9. The van der Waals surface area contributed by atoms with Crippen molar-refractivity contribution in [2.75, 3.05) is 11.1 Å². The molecule has 0 atom stereocenters. The predicted molar refractivity (Wildman–Crippen MR) is 126 cm³/mol. The summed E-state index contributed by atoms with van der Waals surface area (Å²) in [6.07, 6.45) is -2.88. The topological polar surface area (TPSA) is 69.0 Å². The van der Waals surface area contributed by atoms with E-state index in [1.165, 1.54) is 0 Å². The summed E-state index contributed by atoms with van der Waals surface area (Å²) in [5, 5.41) is 11.1. The number of nitrogens with one attached hydrogen (secondary N) is 1. The number of hydrogen-bond acceptors (Lipinski definition) is 5. The second-order valence-electron chi connectivity index (χ2n) is 7.44. The van der Waals surface area contributed by atoms with E-state index in [0.29, 0.717) is 23.3 Å². The molecule has 1 heterocycles.